The molecule has 0 aliphatic carbocycles. The summed E-state index contributed by atoms with van der Waals surface area (Å²) in [6.07, 6.45) is 3.18. The van der Waals surface area contributed by atoms with Crippen molar-refractivity contribution in [2.45, 2.75) is 32.7 Å². The van der Waals surface area contributed by atoms with E-state index in [4.69, 9.17) is 0 Å². The van der Waals surface area contributed by atoms with Gasteiger partial charge in [-0.2, -0.15) is 5.26 Å². The lowest BCUT2D eigenvalue weighted by atomic mass is 9.93. The van der Waals surface area contributed by atoms with Crippen LogP contribution in [0.2, 0.25) is 0 Å². The second-order valence-corrected chi connectivity index (χ2v) is 5.19. The van der Waals surface area contributed by atoms with Gasteiger partial charge in [0.25, 0.3) is 0 Å². The highest BCUT2D eigenvalue weighted by atomic mass is 16.1. The summed E-state index contributed by atoms with van der Waals surface area (Å²) in [7, 11) is 0. The molecular formula is C15H18N2O. The van der Waals surface area contributed by atoms with Crippen molar-refractivity contribution in [2.24, 2.45) is 5.92 Å². The molecule has 3 heteroatoms. The lowest BCUT2D eigenvalue weighted by Gasteiger charge is -2.39. The predicted octanol–water partition coefficient (Wildman–Crippen LogP) is 3.00. The molecule has 1 aromatic carbocycles. The number of anilines is 1. The molecule has 18 heavy (non-hydrogen) atoms. The first-order valence-corrected chi connectivity index (χ1v) is 6.41. The number of rotatable bonds is 2. The monoisotopic (exact) mass is 242 g/mol. The van der Waals surface area contributed by atoms with Crippen LogP contribution >= 0.6 is 0 Å². The van der Waals surface area contributed by atoms with Gasteiger partial charge in [0.2, 0.25) is 0 Å². The largest absolute Gasteiger partial charge is 0.367 e. The zero-order valence-electron chi connectivity index (χ0n) is 10.9. The second-order valence-electron chi connectivity index (χ2n) is 5.19. The van der Waals surface area contributed by atoms with E-state index in [1.54, 1.807) is 12.1 Å². The van der Waals surface area contributed by atoms with Gasteiger partial charge in [-0.25, -0.2) is 0 Å². The quantitative estimate of drug-likeness (QED) is 0.749. The Kier molecular flexibility index (Phi) is 3.66. The standard InChI is InChI=1S/C15H18N2O/c1-11-3-4-12(2)17(9-11)15-6-5-13(10-18)7-14(15)8-16/h5-7,10-12H,3-4,9H2,1-2H3. The van der Waals surface area contributed by atoms with Gasteiger partial charge < -0.3 is 4.90 Å². The number of piperidine rings is 1. The Morgan fingerprint density at radius 2 is 2.17 bits per heavy atom. The van der Waals surface area contributed by atoms with E-state index >= 15 is 0 Å². The average molecular weight is 242 g/mol. The van der Waals surface area contributed by atoms with E-state index in [2.05, 4.69) is 24.8 Å². The van der Waals surface area contributed by atoms with Gasteiger partial charge in [-0.05, 0) is 43.9 Å². The van der Waals surface area contributed by atoms with Crippen molar-refractivity contribution in [1.82, 2.24) is 0 Å². The Balaban J connectivity index is 2.37. The van der Waals surface area contributed by atoms with Gasteiger partial charge in [0.1, 0.15) is 12.4 Å². The average Bonchev–Trinajstić information content (AvgIpc) is 2.41. The van der Waals surface area contributed by atoms with Crippen LogP contribution in [0.4, 0.5) is 5.69 Å². The van der Waals surface area contributed by atoms with Crippen LogP contribution in [0.5, 0.6) is 0 Å². The third kappa shape index (κ3) is 2.38. The fourth-order valence-corrected chi connectivity index (χ4v) is 2.59. The number of carbonyl (C=O) groups excluding carboxylic acids is 1. The first kappa shape index (κ1) is 12.6. The van der Waals surface area contributed by atoms with E-state index in [0.717, 1.165) is 24.9 Å². The first-order valence-electron chi connectivity index (χ1n) is 6.41. The number of hydrogen-bond acceptors (Lipinski definition) is 3. The molecule has 0 amide bonds. The molecule has 0 bridgehead atoms. The summed E-state index contributed by atoms with van der Waals surface area (Å²) in [5.74, 6) is 0.651. The minimum atomic E-state index is 0.454. The molecular weight excluding hydrogens is 224 g/mol. The third-order valence-corrected chi connectivity index (χ3v) is 3.70. The molecule has 3 nitrogen and oxygen atoms in total. The minimum Gasteiger partial charge on any atom is -0.367 e. The summed E-state index contributed by atoms with van der Waals surface area (Å²) in [6, 6.07) is 8.02. The summed E-state index contributed by atoms with van der Waals surface area (Å²) in [6.45, 7) is 5.42. The maximum Gasteiger partial charge on any atom is 0.150 e. The topological polar surface area (TPSA) is 44.1 Å². The lowest BCUT2D eigenvalue weighted by molar-refractivity contribution is 0.112. The summed E-state index contributed by atoms with van der Waals surface area (Å²) in [4.78, 5) is 13.0. The Labute approximate surface area is 108 Å². The van der Waals surface area contributed by atoms with Crippen molar-refractivity contribution in [3.05, 3.63) is 29.3 Å². The normalized spacial score (nSPS) is 23.5. The highest BCUT2D eigenvalue weighted by Crippen LogP contribution is 2.30. The van der Waals surface area contributed by atoms with Gasteiger partial charge in [-0.15, -0.1) is 0 Å². The van der Waals surface area contributed by atoms with Gasteiger partial charge in [0, 0.05) is 18.2 Å². The molecule has 1 aliphatic heterocycles. The molecule has 0 saturated carbocycles. The van der Waals surface area contributed by atoms with E-state index in [1.165, 1.54) is 6.42 Å². The van der Waals surface area contributed by atoms with Gasteiger partial charge >= 0.3 is 0 Å². The molecule has 1 aromatic rings. The van der Waals surface area contributed by atoms with Crippen molar-refractivity contribution >= 4 is 12.0 Å². The predicted molar refractivity (Wildman–Crippen MR) is 71.8 cm³/mol. The third-order valence-electron chi connectivity index (χ3n) is 3.70. The zero-order valence-corrected chi connectivity index (χ0v) is 10.9. The van der Waals surface area contributed by atoms with Crippen LogP contribution in [0.3, 0.4) is 0 Å². The minimum absolute atomic E-state index is 0.454. The van der Waals surface area contributed by atoms with Gasteiger partial charge in [-0.3, -0.25) is 4.79 Å². The summed E-state index contributed by atoms with van der Waals surface area (Å²) in [5.41, 5.74) is 2.12. The van der Waals surface area contributed by atoms with Crippen molar-refractivity contribution in [2.75, 3.05) is 11.4 Å². The molecule has 0 N–H and O–H groups in total. The Morgan fingerprint density at radius 1 is 1.39 bits per heavy atom. The van der Waals surface area contributed by atoms with Gasteiger partial charge in [0.05, 0.1) is 11.3 Å². The number of hydrogen-bond donors (Lipinski definition) is 0. The molecule has 94 valence electrons. The van der Waals surface area contributed by atoms with Crippen molar-refractivity contribution in [3.8, 4) is 6.07 Å². The van der Waals surface area contributed by atoms with E-state index in [0.29, 0.717) is 23.1 Å². The Morgan fingerprint density at radius 3 is 2.83 bits per heavy atom. The van der Waals surface area contributed by atoms with Crippen molar-refractivity contribution < 1.29 is 4.79 Å². The van der Waals surface area contributed by atoms with Crippen LogP contribution in [0, 0.1) is 17.2 Å². The lowest BCUT2D eigenvalue weighted by Crippen LogP contribution is -2.41. The molecule has 0 radical (unpaired) electrons. The van der Waals surface area contributed by atoms with Crippen molar-refractivity contribution in [1.29, 1.82) is 5.26 Å². The molecule has 0 spiro atoms. The van der Waals surface area contributed by atoms with E-state index in [-0.39, 0.29) is 0 Å². The molecule has 1 fully saturated rings. The summed E-state index contributed by atoms with van der Waals surface area (Å²) in [5, 5.41) is 9.23. The van der Waals surface area contributed by atoms with E-state index in [9.17, 15) is 10.1 Å². The van der Waals surface area contributed by atoms with Crippen LogP contribution < -0.4 is 4.90 Å². The van der Waals surface area contributed by atoms with Crippen LogP contribution in [0.1, 0.15) is 42.6 Å². The number of aldehydes is 1. The molecule has 2 rings (SSSR count). The Bertz CT molecular complexity index is 490. The fourth-order valence-electron chi connectivity index (χ4n) is 2.59. The molecule has 0 aromatic heterocycles. The Hall–Kier alpha value is -1.82. The van der Waals surface area contributed by atoms with E-state index < -0.39 is 0 Å². The highest BCUT2D eigenvalue weighted by Gasteiger charge is 2.24. The van der Waals surface area contributed by atoms with Crippen molar-refractivity contribution in [3.63, 3.8) is 0 Å². The molecule has 2 atom stereocenters. The van der Waals surface area contributed by atoms with Crippen LogP contribution in [-0.2, 0) is 0 Å². The van der Waals surface area contributed by atoms with Crippen LogP contribution in [0.25, 0.3) is 0 Å². The molecule has 1 aliphatic rings. The molecule has 1 saturated heterocycles. The molecule has 2 unspecified atom stereocenters. The summed E-state index contributed by atoms with van der Waals surface area (Å²) >= 11 is 0. The van der Waals surface area contributed by atoms with E-state index in [1.807, 2.05) is 6.07 Å². The zero-order chi connectivity index (χ0) is 13.1. The highest BCUT2D eigenvalue weighted by molar-refractivity contribution is 5.78. The SMILES string of the molecule is CC1CCC(C)N(c2ccc(C=O)cc2C#N)C1. The number of nitrogens with zero attached hydrogens (tertiary/aromatic N) is 2. The fraction of sp³-hybridized carbons (Fsp3) is 0.467. The molecule has 1 heterocycles. The number of benzene rings is 1. The number of carbonyl (C=O) groups is 1. The van der Waals surface area contributed by atoms with Crippen LogP contribution in [-0.4, -0.2) is 18.9 Å². The maximum atomic E-state index is 10.8. The second kappa shape index (κ2) is 5.22. The smallest absolute Gasteiger partial charge is 0.150 e. The summed E-state index contributed by atoms with van der Waals surface area (Å²) < 4.78 is 0. The van der Waals surface area contributed by atoms with Crippen LogP contribution in [0.15, 0.2) is 18.2 Å². The maximum absolute atomic E-state index is 10.8. The van der Waals surface area contributed by atoms with Gasteiger partial charge in [0.15, 0.2) is 0 Å². The number of nitriles is 1. The first-order chi connectivity index (χ1) is 8.65. The van der Waals surface area contributed by atoms with Gasteiger partial charge in [-0.1, -0.05) is 6.92 Å².